The zero-order valence-corrected chi connectivity index (χ0v) is 15.1. The Hall–Kier alpha value is -1.65. The average Bonchev–Trinajstić information content (AvgIpc) is 3.37. The first-order chi connectivity index (χ1) is 12.7. The van der Waals surface area contributed by atoms with Gasteiger partial charge >= 0.3 is 8.25 Å². The largest absolute Gasteiger partial charge is 0.343 e. The van der Waals surface area contributed by atoms with Crippen molar-refractivity contribution < 1.29 is 23.1 Å². The van der Waals surface area contributed by atoms with E-state index in [1.54, 1.807) is 0 Å². The fraction of sp³-hybridized carbons (Fsp3) is 0.714. The quantitative estimate of drug-likeness (QED) is 0.713. The van der Waals surface area contributed by atoms with Crippen molar-refractivity contribution >= 4 is 8.25 Å². The third kappa shape index (κ3) is 3.45. The SMILES string of the molecule is O=[PH](OC1(c2nc[nH]n2)CCCCO1)OC1(c2nc[nH]n2)CCCCO1. The molecule has 2 aliphatic rings. The zero-order chi connectivity index (χ0) is 17.9. The van der Waals surface area contributed by atoms with Crippen LogP contribution in [0, 0.1) is 0 Å². The van der Waals surface area contributed by atoms with Gasteiger partial charge in [0.15, 0.2) is 0 Å². The van der Waals surface area contributed by atoms with Gasteiger partial charge in [-0.3, -0.25) is 23.8 Å². The summed E-state index contributed by atoms with van der Waals surface area (Å²) in [6.45, 7) is 0.929. The van der Waals surface area contributed by atoms with Crippen LogP contribution in [0.4, 0.5) is 0 Å². The summed E-state index contributed by atoms with van der Waals surface area (Å²) < 4.78 is 35.9. The van der Waals surface area contributed by atoms with Gasteiger partial charge in [-0.2, -0.15) is 10.2 Å². The van der Waals surface area contributed by atoms with Crippen LogP contribution in [0.5, 0.6) is 0 Å². The minimum atomic E-state index is -3.04. The Kier molecular flexibility index (Phi) is 5.14. The molecule has 2 saturated heterocycles. The third-order valence-corrected chi connectivity index (χ3v) is 5.47. The van der Waals surface area contributed by atoms with Gasteiger partial charge in [-0.1, -0.05) is 0 Å². The maximum absolute atomic E-state index is 12.8. The van der Waals surface area contributed by atoms with E-state index in [1.807, 2.05) is 0 Å². The molecule has 142 valence electrons. The molecule has 4 rings (SSSR count). The molecule has 2 aliphatic heterocycles. The van der Waals surface area contributed by atoms with Gasteiger partial charge in [-0.05, 0) is 25.7 Å². The summed E-state index contributed by atoms with van der Waals surface area (Å²) in [6, 6.07) is 0. The second kappa shape index (κ2) is 7.53. The smallest absolute Gasteiger partial charge is 0.324 e. The van der Waals surface area contributed by atoms with Crippen LogP contribution in [0.3, 0.4) is 0 Å². The number of rotatable bonds is 6. The first-order valence-corrected chi connectivity index (χ1v) is 9.87. The maximum Gasteiger partial charge on any atom is 0.324 e. The number of aromatic amines is 2. The minimum absolute atomic E-state index is 0.302. The summed E-state index contributed by atoms with van der Waals surface area (Å²) in [6.07, 6.45) is 7.28. The summed E-state index contributed by atoms with van der Waals surface area (Å²) in [5, 5.41) is 13.4. The summed E-state index contributed by atoms with van der Waals surface area (Å²) in [4.78, 5) is 8.25. The Labute approximate surface area is 150 Å². The molecule has 0 amide bonds. The lowest BCUT2D eigenvalue weighted by Gasteiger charge is -2.37. The molecule has 0 bridgehead atoms. The van der Waals surface area contributed by atoms with E-state index >= 15 is 0 Å². The molecule has 2 fully saturated rings. The van der Waals surface area contributed by atoms with Gasteiger partial charge in [-0.25, -0.2) is 9.97 Å². The molecule has 2 atom stereocenters. The van der Waals surface area contributed by atoms with Gasteiger partial charge in [-0.15, -0.1) is 0 Å². The lowest BCUT2D eigenvalue weighted by Crippen LogP contribution is -2.38. The molecule has 26 heavy (non-hydrogen) atoms. The molecule has 11 nitrogen and oxygen atoms in total. The maximum atomic E-state index is 12.8. The van der Waals surface area contributed by atoms with Gasteiger partial charge in [0.25, 0.3) is 0 Å². The number of hydrogen-bond donors (Lipinski definition) is 2. The van der Waals surface area contributed by atoms with Crippen molar-refractivity contribution in [1.82, 2.24) is 30.4 Å². The topological polar surface area (TPSA) is 137 Å². The van der Waals surface area contributed by atoms with Crippen LogP contribution in [-0.2, 0) is 34.7 Å². The fourth-order valence-corrected chi connectivity index (χ4v) is 4.30. The second-order valence-electron chi connectivity index (χ2n) is 6.22. The van der Waals surface area contributed by atoms with Crippen molar-refractivity contribution in [2.45, 2.75) is 50.1 Å². The highest BCUT2D eigenvalue weighted by atomic mass is 31.1. The van der Waals surface area contributed by atoms with E-state index in [2.05, 4.69) is 30.4 Å². The van der Waals surface area contributed by atoms with Gasteiger partial charge < -0.3 is 9.47 Å². The van der Waals surface area contributed by atoms with Gasteiger partial charge in [0.1, 0.15) is 12.7 Å². The van der Waals surface area contributed by atoms with Gasteiger partial charge in [0.2, 0.25) is 23.2 Å². The van der Waals surface area contributed by atoms with E-state index in [4.69, 9.17) is 18.5 Å². The molecular weight excluding hydrogens is 363 g/mol. The molecular formula is C14H21N6O5P. The summed E-state index contributed by atoms with van der Waals surface area (Å²) >= 11 is 0. The van der Waals surface area contributed by atoms with E-state index < -0.39 is 19.8 Å². The van der Waals surface area contributed by atoms with E-state index in [-0.39, 0.29) is 0 Å². The number of ether oxygens (including phenoxy) is 2. The predicted molar refractivity (Wildman–Crippen MR) is 86.9 cm³/mol. The molecule has 0 saturated carbocycles. The van der Waals surface area contributed by atoms with Crippen molar-refractivity contribution in [3.63, 3.8) is 0 Å². The molecule has 0 spiro atoms. The highest BCUT2D eigenvalue weighted by Gasteiger charge is 2.46. The van der Waals surface area contributed by atoms with Crippen LogP contribution in [0.1, 0.15) is 50.2 Å². The Morgan fingerprint density at radius 1 is 0.885 bits per heavy atom. The van der Waals surface area contributed by atoms with Gasteiger partial charge in [0, 0.05) is 12.8 Å². The van der Waals surface area contributed by atoms with Crippen molar-refractivity contribution in [3.05, 3.63) is 24.3 Å². The molecule has 12 heteroatoms. The standard InChI is InChI=1S/C14H21N6O5P/c21-26(24-13(5-1-3-7-22-13)11-15-9-17-19-11)25-14(6-2-4-8-23-14)12-16-10-18-20-12/h9-10,26H,1-8H2,(H,15,17,19)(H,16,18,20). The normalized spacial score (nSPS) is 30.9. The number of nitrogens with zero attached hydrogens (tertiary/aromatic N) is 4. The van der Waals surface area contributed by atoms with Crippen molar-refractivity contribution in [1.29, 1.82) is 0 Å². The Morgan fingerprint density at radius 3 is 1.73 bits per heavy atom. The van der Waals surface area contributed by atoms with Crippen LogP contribution in [-0.4, -0.2) is 43.6 Å². The lowest BCUT2D eigenvalue weighted by atomic mass is 10.1. The lowest BCUT2D eigenvalue weighted by molar-refractivity contribution is -0.248. The van der Waals surface area contributed by atoms with Crippen LogP contribution < -0.4 is 0 Å². The number of aromatic nitrogens is 6. The molecule has 4 heterocycles. The third-order valence-electron chi connectivity index (χ3n) is 4.48. The molecule has 0 aliphatic carbocycles. The first kappa shape index (κ1) is 17.7. The average molecular weight is 384 g/mol. The summed E-state index contributed by atoms with van der Waals surface area (Å²) in [5.74, 6) is -1.97. The Bertz CT molecular complexity index is 652. The van der Waals surface area contributed by atoms with Crippen LogP contribution >= 0.6 is 8.25 Å². The van der Waals surface area contributed by atoms with Crippen LogP contribution in [0.25, 0.3) is 0 Å². The Balaban J connectivity index is 1.54. The molecule has 0 aromatic carbocycles. The molecule has 2 aromatic rings. The number of H-pyrrole nitrogens is 2. The van der Waals surface area contributed by atoms with Crippen molar-refractivity contribution in [2.24, 2.45) is 0 Å². The van der Waals surface area contributed by atoms with E-state index in [1.165, 1.54) is 12.7 Å². The highest BCUT2D eigenvalue weighted by molar-refractivity contribution is 7.33. The van der Waals surface area contributed by atoms with Crippen LogP contribution in [0.2, 0.25) is 0 Å². The van der Waals surface area contributed by atoms with Crippen molar-refractivity contribution in [3.8, 4) is 0 Å². The van der Waals surface area contributed by atoms with E-state index in [0.717, 1.165) is 25.7 Å². The van der Waals surface area contributed by atoms with Gasteiger partial charge in [0.05, 0.1) is 13.2 Å². The monoisotopic (exact) mass is 384 g/mol. The number of hydrogen-bond acceptors (Lipinski definition) is 9. The fourth-order valence-electron chi connectivity index (χ4n) is 3.22. The molecule has 0 radical (unpaired) electrons. The summed E-state index contributed by atoms with van der Waals surface area (Å²) in [7, 11) is -3.04. The predicted octanol–water partition coefficient (Wildman–Crippen LogP) is 1.75. The molecule has 2 N–H and O–H groups in total. The van der Waals surface area contributed by atoms with E-state index in [9.17, 15) is 4.57 Å². The highest BCUT2D eigenvalue weighted by Crippen LogP contribution is 2.48. The minimum Gasteiger partial charge on any atom is -0.343 e. The molecule has 2 aromatic heterocycles. The Morgan fingerprint density at radius 2 is 1.38 bits per heavy atom. The van der Waals surface area contributed by atoms with Crippen molar-refractivity contribution in [2.75, 3.05) is 13.2 Å². The second-order valence-corrected chi connectivity index (χ2v) is 7.12. The van der Waals surface area contributed by atoms with E-state index in [0.29, 0.717) is 37.7 Å². The molecule has 2 unspecified atom stereocenters. The first-order valence-electron chi connectivity index (χ1n) is 8.65. The number of nitrogens with one attached hydrogen (secondary N) is 2. The summed E-state index contributed by atoms with van der Waals surface area (Å²) in [5.41, 5.74) is 0. The zero-order valence-electron chi connectivity index (χ0n) is 14.1. The van der Waals surface area contributed by atoms with Crippen LogP contribution in [0.15, 0.2) is 12.7 Å².